The number of nitrogens with one attached hydrogen (secondary N) is 2. The Morgan fingerprint density at radius 1 is 1.06 bits per heavy atom. The number of ether oxygens (including phenoxy) is 1. The predicted molar refractivity (Wildman–Crippen MR) is 178 cm³/mol. The number of nitrogens with zero attached hydrogens (tertiary/aromatic N) is 1. The number of fused-ring (bicyclic) bond motifs is 9. The Hall–Kier alpha value is -3.61. The van der Waals surface area contributed by atoms with Crippen LogP contribution in [0.25, 0.3) is 0 Å². The molecule has 10 nitrogen and oxygen atoms in total. The van der Waals surface area contributed by atoms with Gasteiger partial charge < -0.3 is 20.1 Å². The molecule has 2 aromatic carbocycles. The summed E-state index contributed by atoms with van der Waals surface area (Å²) in [5.74, 6) is -2.28. The number of carboxylic acids is 1. The normalized spacial score (nSPS) is 27.0. The zero-order valence-corrected chi connectivity index (χ0v) is 28.0. The van der Waals surface area contributed by atoms with Gasteiger partial charge in [-0.3, -0.25) is 28.9 Å². The molecule has 2 bridgehead atoms. The molecule has 3 aromatic rings. The Morgan fingerprint density at radius 3 is 2.60 bits per heavy atom. The molecule has 13 heteroatoms. The summed E-state index contributed by atoms with van der Waals surface area (Å²) in [7, 11) is 0. The first-order valence-corrected chi connectivity index (χ1v) is 17.9. The van der Waals surface area contributed by atoms with E-state index < -0.39 is 17.8 Å². The number of hydrogen-bond acceptors (Lipinski definition) is 8. The number of amides is 3. The number of halogens is 1. The lowest BCUT2D eigenvalue weighted by Gasteiger charge is -2.43. The average Bonchev–Trinajstić information content (AvgIpc) is 3.77. The third-order valence-corrected chi connectivity index (χ3v) is 13.0. The number of hydrogen-bond donors (Lipinski definition) is 3. The molecule has 2 aliphatic carbocycles. The number of para-hydroxylation sites is 1. The minimum atomic E-state index is -0.854. The number of aryl methyl sites for hydroxylation is 1. The van der Waals surface area contributed by atoms with Crippen molar-refractivity contribution >= 4 is 64.1 Å². The summed E-state index contributed by atoms with van der Waals surface area (Å²) in [6, 6.07) is 12.8. The summed E-state index contributed by atoms with van der Waals surface area (Å²) >= 11 is 9.32. The molecule has 47 heavy (non-hydrogen) atoms. The SMILES string of the molecule is Cc1ccccc1NC(=O)COc1ccc(Cl)cc1[C@H]1c2sc(=O)[nH]c2SC2C3CC(C4C(=O)N(CCCCCC(=O)O)C(=O)C34)C21. The summed E-state index contributed by atoms with van der Waals surface area (Å²) in [4.78, 5) is 69.2. The Bertz CT molecular complexity index is 1820. The standard InChI is InChI=1S/C34H34ClN3O7S2/c1-16-7-4-5-8-21(16)36-23(39)15-45-22-11-10-17(35)13-18(22)25-26-19-14-20(29(26)46-31-30(25)47-34(44)37-31)28-27(19)32(42)38(33(28)43)12-6-2-3-9-24(40)41/h4-5,7-8,10-11,13,19-20,25-29H,2-3,6,9,12,14-15H2,1H3,(H,36,39)(H,37,44)(H,40,41)/t19?,20?,25-,26?,27?,28?,29?/m1/s1. The Kier molecular flexibility index (Phi) is 8.69. The lowest BCUT2D eigenvalue weighted by molar-refractivity contribution is -0.141. The van der Waals surface area contributed by atoms with Gasteiger partial charge >= 0.3 is 10.8 Å². The van der Waals surface area contributed by atoms with Gasteiger partial charge in [0.25, 0.3) is 5.91 Å². The van der Waals surface area contributed by atoms with Crippen molar-refractivity contribution < 1.29 is 29.0 Å². The van der Waals surface area contributed by atoms with Crippen molar-refractivity contribution in [3.63, 3.8) is 0 Å². The van der Waals surface area contributed by atoms with E-state index in [1.807, 2.05) is 37.3 Å². The molecule has 3 amide bonds. The molecule has 0 radical (unpaired) electrons. The molecule has 3 heterocycles. The van der Waals surface area contributed by atoms with Gasteiger partial charge in [-0.05, 0) is 73.8 Å². The highest BCUT2D eigenvalue weighted by atomic mass is 35.5. The monoisotopic (exact) mass is 695 g/mol. The van der Waals surface area contributed by atoms with Gasteiger partial charge in [-0.25, -0.2) is 0 Å². The minimum Gasteiger partial charge on any atom is -0.483 e. The fourth-order valence-electron chi connectivity index (χ4n) is 8.31. The number of aromatic amines is 1. The van der Waals surface area contributed by atoms with Gasteiger partial charge in [0.05, 0.1) is 16.9 Å². The number of carbonyl (C=O) groups excluding carboxylic acids is 3. The number of carboxylic acid groups (broad SMARTS) is 1. The second kappa shape index (κ2) is 12.8. The van der Waals surface area contributed by atoms with Crippen LogP contribution in [0, 0.1) is 36.5 Å². The lowest BCUT2D eigenvalue weighted by Crippen LogP contribution is -2.42. The number of aliphatic carboxylic acids is 1. The van der Waals surface area contributed by atoms with Gasteiger partial charge in [0.15, 0.2) is 6.61 Å². The van der Waals surface area contributed by atoms with Crippen LogP contribution in [0.2, 0.25) is 5.02 Å². The molecule has 7 rings (SSSR count). The van der Waals surface area contributed by atoms with Gasteiger partial charge in [-0.2, -0.15) is 0 Å². The van der Waals surface area contributed by atoms with Crippen molar-refractivity contribution in [1.29, 1.82) is 0 Å². The zero-order chi connectivity index (χ0) is 33.0. The van der Waals surface area contributed by atoms with Crippen LogP contribution in [0.3, 0.4) is 0 Å². The van der Waals surface area contributed by atoms with Crippen molar-refractivity contribution in [3.8, 4) is 5.75 Å². The van der Waals surface area contributed by atoms with Gasteiger partial charge in [0, 0.05) is 45.3 Å². The van der Waals surface area contributed by atoms with E-state index in [1.54, 1.807) is 23.9 Å². The summed E-state index contributed by atoms with van der Waals surface area (Å²) in [5.41, 5.74) is 2.39. The molecule has 2 aliphatic heterocycles. The number of aromatic nitrogens is 1. The fraction of sp³-hybridized carbons (Fsp3) is 0.441. The maximum atomic E-state index is 13.9. The number of imide groups is 1. The van der Waals surface area contributed by atoms with Crippen molar-refractivity contribution in [3.05, 3.63) is 73.2 Å². The van der Waals surface area contributed by atoms with Crippen molar-refractivity contribution in [2.75, 3.05) is 18.5 Å². The summed E-state index contributed by atoms with van der Waals surface area (Å²) < 4.78 is 6.16. The number of rotatable bonds is 11. The summed E-state index contributed by atoms with van der Waals surface area (Å²) in [6.45, 7) is 1.97. The van der Waals surface area contributed by atoms with Crippen LogP contribution in [0.15, 0.2) is 52.3 Å². The van der Waals surface area contributed by atoms with Crippen LogP contribution in [-0.2, 0) is 19.2 Å². The van der Waals surface area contributed by atoms with E-state index in [-0.39, 0.29) is 64.5 Å². The van der Waals surface area contributed by atoms with Crippen molar-refractivity contribution in [1.82, 2.24) is 9.88 Å². The van der Waals surface area contributed by atoms with Crippen LogP contribution in [0.1, 0.15) is 54.0 Å². The van der Waals surface area contributed by atoms with Gasteiger partial charge in [-0.1, -0.05) is 47.6 Å². The van der Waals surface area contributed by atoms with Crippen LogP contribution < -0.4 is 14.9 Å². The molecule has 7 atom stereocenters. The van der Waals surface area contributed by atoms with Gasteiger partial charge in [0.1, 0.15) is 5.75 Å². The number of thiazole rings is 1. The molecular weight excluding hydrogens is 662 g/mol. The van der Waals surface area contributed by atoms with E-state index in [4.69, 9.17) is 21.4 Å². The van der Waals surface area contributed by atoms with E-state index in [1.165, 1.54) is 4.90 Å². The molecule has 3 fully saturated rings. The first-order valence-electron chi connectivity index (χ1n) is 15.9. The second-order valence-electron chi connectivity index (χ2n) is 12.8. The van der Waals surface area contributed by atoms with E-state index >= 15 is 0 Å². The fourth-order valence-corrected chi connectivity index (χ4v) is 11.4. The zero-order valence-electron chi connectivity index (χ0n) is 25.6. The molecule has 4 aliphatic rings. The van der Waals surface area contributed by atoms with Crippen LogP contribution >= 0.6 is 34.7 Å². The molecule has 6 unspecified atom stereocenters. The second-order valence-corrected chi connectivity index (χ2v) is 15.5. The minimum absolute atomic E-state index is 0.00699. The van der Waals surface area contributed by atoms with E-state index in [9.17, 15) is 24.0 Å². The van der Waals surface area contributed by atoms with Crippen molar-refractivity contribution in [2.45, 2.75) is 55.2 Å². The molecule has 246 valence electrons. The smallest absolute Gasteiger partial charge is 0.305 e. The molecule has 1 saturated heterocycles. The highest BCUT2D eigenvalue weighted by Gasteiger charge is 2.69. The van der Waals surface area contributed by atoms with Crippen LogP contribution in [0.4, 0.5) is 5.69 Å². The van der Waals surface area contributed by atoms with Gasteiger partial charge in [-0.15, -0.1) is 11.8 Å². The summed E-state index contributed by atoms with van der Waals surface area (Å²) in [5, 5.41) is 13.1. The number of anilines is 1. The Balaban J connectivity index is 1.16. The molecule has 2 saturated carbocycles. The topological polar surface area (TPSA) is 146 Å². The number of benzene rings is 2. The molecule has 0 spiro atoms. The largest absolute Gasteiger partial charge is 0.483 e. The molecular formula is C34H34ClN3O7S2. The Morgan fingerprint density at radius 2 is 1.83 bits per heavy atom. The molecule has 3 N–H and O–H groups in total. The first-order chi connectivity index (χ1) is 22.6. The van der Waals surface area contributed by atoms with Crippen LogP contribution in [0.5, 0.6) is 5.75 Å². The summed E-state index contributed by atoms with van der Waals surface area (Å²) in [6.07, 6.45) is 2.51. The third kappa shape index (κ3) is 5.78. The maximum Gasteiger partial charge on any atom is 0.305 e. The van der Waals surface area contributed by atoms with E-state index in [2.05, 4.69) is 10.3 Å². The number of carbonyl (C=O) groups is 4. The number of unbranched alkanes of at least 4 members (excludes halogenated alkanes) is 2. The van der Waals surface area contributed by atoms with Crippen LogP contribution in [-0.4, -0.2) is 57.1 Å². The number of likely N-dealkylation sites (tertiary alicyclic amines) is 1. The molecule has 1 aromatic heterocycles. The quantitative estimate of drug-likeness (QED) is 0.175. The highest BCUT2D eigenvalue weighted by molar-refractivity contribution is 8.00. The third-order valence-electron chi connectivity index (χ3n) is 10.2. The maximum absolute atomic E-state index is 13.9. The highest BCUT2D eigenvalue weighted by Crippen LogP contribution is 2.69. The van der Waals surface area contributed by atoms with E-state index in [0.717, 1.165) is 38.8 Å². The van der Waals surface area contributed by atoms with Gasteiger partial charge in [0.2, 0.25) is 11.8 Å². The number of H-pyrrole nitrogens is 1. The van der Waals surface area contributed by atoms with E-state index in [0.29, 0.717) is 42.3 Å². The number of thioether (sulfide) groups is 1. The van der Waals surface area contributed by atoms with Crippen molar-refractivity contribution in [2.24, 2.45) is 29.6 Å². The lowest BCUT2D eigenvalue weighted by atomic mass is 9.68. The average molecular weight is 696 g/mol. The predicted octanol–water partition coefficient (Wildman–Crippen LogP) is 5.53. The Labute approximate surface area is 284 Å². The first kappa shape index (κ1) is 32.0.